The Morgan fingerprint density at radius 2 is 1.94 bits per heavy atom. The van der Waals surface area contributed by atoms with Gasteiger partial charge in [0, 0.05) is 19.1 Å². The van der Waals surface area contributed by atoms with Gasteiger partial charge in [-0.05, 0) is 38.6 Å². The Labute approximate surface area is 113 Å². The van der Waals surface area contributed by atoms with Crippen LogP contribution in [-0.2, 0) is 7.05 Å². The molecule has 100 valence electrons. The van der Waals surface area contributed by atoms with E-state index in [0.29, 0.717) is 23.0 Å². The first kappa shape index (κ1) is 12.5. The van der Waals surface area contributed by atoms with E-state index in [0.717, 1.165) is 18.5 Å². The fraction of sp³-hybridized carbons (Fsp3) is 0.769. The highest BCUT2D eigenvalue weighted by atomic mass is 35.5. The van der Waals surface area contributed by atoms with Gasteiger partial charge in [0.25, 0.3) is 0 Å². The number of nitrogens with zero attached hydrogens (tertiary/aromatic N) is 3. The van der Waals surface area contributed by atoms with Gasteiger partial charge in [-0.3, -0.25) is 4.68 Å². The van der Waals surface area contributed by atoms with Gasteiger partial charge in [-0.2, -0.15) is 5.10 Å². The predicted octanol–water partition coefficient (Wildman–Crippen LogP) is 1.98. The van der Waals surface area contributed by atoms with Gasteiger partial charge in [-0.15, -0.1) is 0 Å². The molecule has 5 heteroatoms. The van der Waals surface area contributed by atoms with Crippen LogP contribution in [0.15, 0.2) is 6.20 Å². The average molecular weight is 270 g/mol. The molecule has 0 spiro atoms. The highest BCUT2D eigenvalue weighted by Crippen LogP contribution is 2.43. The molecule has 3 atom stereocenters. The molecule has 1 aromatic heterocycles. The van der Waals surface area contributed by atoms with Crippen molar-refractivity contribution in [3.8, 4) is 0 Å². The molecule has 2 fully saturated rings. The lowest BCUT2D eigenvalue weighted by atomic mass is 9.85. The Morgan fingerprint density at radius 3 is 2.44 bits per heavy atom. The first-order valence-electron chi connectivity index (χ1n) is 6.65. The van der Waals surface area contributed by atoms with Crippen LogP contribution in [0.1, 0.15) is 37.5 Å². The third kappa shape index (κ3) is 1.87. The molecule has 2 bridgehead atoms. The molecule has 0 radical (unpaired) electrons. The summed E-state index contributed by atoms with van der Waals surface area (Å²) in [5.74, 6) is 0.312. The molecule has 0 amide bonds. The number of halogens is 1. The zero-order chi connectivity index (χ0) is 12.9. The molecule has 1 aromatic rings. The Kier molecular flexibility index (Phi) is 3.12. The summed E-state index contributed by atoms with van der Waals surface area (Å²) in [6.45, 7) is 0. The quantitative estimate of drug-likeness (QED) is 0.893. The van der Waals surface area contributed by atoms with Crippen LogP contribution in [0.25, 0.3) is 0 Å². The molecule has 4 nitrogen and oxygen atoms in total. The van der Waals surface area contributed by atoms with Crippen LogP contribution in [-0.4, -0.2) is 38.9 Å². The van der Waals surface area contributed by atoms with E-state index in [-0.39, 0.29) is 0 Å². The monoisotopic (exact) mass is 269 g/mol. The molecular weight excluding hydrogens is 250 g/mol. The summed E-state index contributed by atoms with van der Waals surface area (Å²) in [6.07, 6.45) is 5.80. The van der Waals surface area contributed by atoms with Crippen LogP contribution in [0.2, 0.25) is 5.02 Å². The van der Waals surface area contributed by atoms with Gasteiger partial charge >= 0.3 is 0 Å². The van der Waals surface area contributed by atoms with E-state index in [1.165, 1.54) is 12.8 Å². The van der Waals surface area contributed by atoms with E-state index in [2.05, 4.69) is 17.0 Å². The van der Waals surface area contributed by atoms with Crippen LogP contribution in [0.5, 0.6) is 0 Å². The predicted molar refractivity (Wildman–Crippen MR) is 70.5 cm³/mol. The lowest BCUT2D eigenvalue weighted by Gasteiger charge is -2.38. The minimum Gasteiger partial charge on any atom is -0.386 e. The van der Waals surface area contributed by atoms with Crippen LogP contribution in [0.3, 0.4) is 0 Å². The molecule has 3 unspecified atom stereocenters. The minimum atomic E-state index is -0.484. The number of aliphatic hydroxyl groups excluding tert-OH is 1. The van der Waals surface area contributed by atoms with Crippen molar-refractivity contribution in [3.63, 3.8) is 0 Å². The third-order valence-electron chi connectivity index (χ3n) is 4.80. The summed E-state index contributed by atoms with van der Waals surface area (Å²) in [5, 5.41) is 15.3. The van der Waals surface area contributed by atoms with Crippen molar-refractivity contribution < 1.29 is 5.11 Å². The Hall–Kier alpha value is -0.580. The largest absolute Gasteiger partial charge is 0.386 e. The minimum absolute atomic E-state index is 0.312. The Balaban J connectivity index is 1.80. The van der Waals surface area contributed by atoms with E-state index < -0.39 is 6.10 Å². The second-order valence-corrected chi connectivity index (χ2v) is 6.14. The maximum Gasteiger partial charge on any atom is 0.100 e. The molecule has 2 saturated heterocycles. The topological polar surface area (TPSA) is 41.3 Å². The van der Waals surface area contributed by atoms with E-state index >= 15 is 0 Å². The second-order valence-electron chi connectivity index (χ2n) is 5.73. The van der Waals surface area contributed by atoms with Crippen molar-refractivity contribution in [2.24, 2.45) is 13.0 Å². The molecule has 2 aliphatic rings. The van der Waals surface area contributed by atoms with Crippen molar-refractivity contribution in [2.75, 3.05) is 7.05 Å². The van der Waals surface area contributed by atoms with Gasteiger partial charge in [0.1, 0.15) is 6.10 Å². The molecule has 0 saturated carbocycles. The molecule has 3 rings (SSSR count). The number of hydrogen-bond acceptors (Lipinski definition) is 3. The zero-order valence-electron chi connectivity index (χ0n) is 10.9. The molecule has 3 heterocycles. The number of piperidine rings is 1. The maximum atomic E-state index is 10.6. The number of aryl methyl sites for hydroxylation is 1. The van der Waals surface area contributed by atoms with Crippen molar-refractivity contribution in [1.29, 1.82) is 0 Å². The van der Waals surface area contributed by atoms with Gasteiger partial charge in [-0.1, -0.05) is 11.6 Å². The van der Waals surface area contributed by atoms with E-state index in [1.807, 2.05) is 7.05 Å². The average Bonchev–Trinajstić information content (AvgIpc) is 2.76. The number of aliphatic hydroxyl groups is 1. The number of aromatic nitrogens is 2. The van der Waals surface area contributed by atoms with Crippen LogP contribution >= 0.6 is 11.6 Å². The van der Waals surface area contributed by atoms with E-state index in [4.69, 9.17) is 11.6 Å². The molecule has 0 aliphatic carbocycles. The van der Waals surface area contributed by atoms with Crippen LogP contribution in [0, 0.1) is 5.92 Å². The lowest BCUT2D eigenvalue weighted by molar-refractivity contribution is 0.0313. The standard InChI is InChI=1S/C13H20ClN3O/c1-16-9-3-4-10(16)6-8(5-9)13(18)12-11(14)7-15-17(12)2/h7-10,13,18H,3-6H2,1-2H3. The normalized spacial score (nSPS) is 33.9. The molecule has 1 N–H and O–H groups in total. The second kappa shape index (κ2) is 4.51. The number of rotatable bonds is 2. The van der Waals surface area contributed by atoms with Gasteiger partial charge in [0.15, 0.2) is 0 Å². The highest BCUT2D eigenvalue weighted by Gasteiger charge is 2.41. The summed E-state index contributed by atoms with van der Waals surface area (Å²) in [7, 11) is 4.05. The molecule has 0 aromatic carbocycles. The van der Waals surface area contributed by atoms with E-state index in [1.54, 1.807) is 10.9 Å². The lowest BCUT2D eigenvalue weighted by Crippen LogP contribution is -2.41. The number of hydrogen-bond donors (Lipinski definition) is 1. The summed E-state index contributed by atoms with van der Waals surface area (Å²) >= 11 is 6.12. The summed E-state index contributed by atoms with van der Waals surface area (Å²) in [5.41, 5.74) is 0.769. The summed E-state index contributed by atoms with van der Waals surface area (Å²) < 4.78 is 1.70. The fourth-order valence-electron chi connectivity index (χ4n) is 3.69. The fourth-order valence-corrected chi connectivity index (χ4v) is 3.97. The number of fused-ring (bicyclic) bond motifs is 2. The maximum absolute atomic E-state index is 10.6. The highest BCUT2D eigenvalue weighted by molar-refractivity contribution is 6.31. The van der Waals surface area contributed by atoms with Crippen molar-refractivity contribution >= 4 is 11.6 Å². The van der Waals surface area contributed by atoms with E-state index in [9.17, 15) is 5.11 Å². The van der Waals surface area contributed by atoms with Crippen molar-refractivity contribution in [2.45, 2.75) is 43.9 Å². The van der Waals surface area contributed by atoms with Crippen LogP contribution < -0.4 is 0 Å². The first-order valence-corrected chi connectivity index (χ1v) is 7.03. The van der Waals surface area contributed by atoms with Gasteiger partial charge in [0.05, 0.1) is 16.9 Å². The molecule has 2 aliphatic heterocycles. The Bertz CT molecular complexity index is 414. The Morgan fingerprint density at radius 1 is 1.33 bits per heavy atom. The van der Waals surface area contributed by atoms with Gasteiger partial charge in [-0.25, -0.2) is 0 Å². The zero-order valence-corrected chi connectivity index (χ0v) is 11.6. The first-order chi connectivity index (χ1) is 8.58. The third-order valence-corrected chi connectivity index (χ3v) is 5.09. The summed E-state index contributed by atoms with van der Waals surface area (Å²) in [4.78, 5) is 2.48. The van der Waals surface area contributed by atoms with Gasteiger partial charge in [0.2, 0.25) is 0 Å². The summed E-state index contributed by atoms with van der Waals surface area (Å²) in [6, 6.07) is 1.27. The molecular formula is C13H20ClN3O. The van der Waals surface area contributed by atoms with Gasteiger partial charge < -0.3 is 10.0 Å². The molecule has 18 heavy (non-hydrogen) atoms. The SMILES string of the molecule is CN1C2CCC1CC(C(O)c1c(Cl)cnn1C)C2. The van der Waals surface area contributed by atoms with Crippen molar-refractivity contribution in [3.05, 3.63) is 16.9 Å². The smallest absolute Gasteiger partial charge is 0.100 e. The van der Waals surface area contributed by atoms with Crippen molar-refractivity contribution in [1.82, 2.24) is 14.7 Å². The van der Waals surface area contributed by atoms with Crippen LogP contribution in [0.4, 0.5) is 0 Å².